The molecule has 0 atom stereocenters. The van der Waals surface area contributed by atoms with Crippen molar-refractivity contribution >= 4 is 0 Å². The van der Waals surface area contributed by atoms with Gasteiger partial charge in [0, 0.05) is 26.1 Å². The Kier molecular flexibility index (Phi) is 46.8. The summed E-state index contributed by atoms with van der Waals surface area (Å²) >= 11 is 0. The van der Waals surface area contributed by atoms with E-state index in [0.717, 1.165) is 6.42 Å². The number of hydrogen-bond acceptors (Lipinski definition) is 1. The second-order valence-electron chi connectivity index (χ2n) is 0.724. The molecule has 0 aromatic carbocycles. The molecule has 0 rings (SSSR count). The van der Waals surface area contributed by atoms with Gasteiger partial charge in [0.2, 0.25) is 0 Å². The van der Waals surface area contributed by atoms with E-state index in [9.17, 15) is 0 Å². The topological polar surface area (TPSA) is 20.2 Å². The molecule has 0 radical (unpaired) electrons. The normalized spacial score (nSPS) is 5.00. The second kappa shape index (κ2) is 17.6. The van der Waals surface area contributed by atoms with Crippen LogP contribution < -0.4 is 0 Å². The Labute approximate surface area is 52.5 Å². The first-order valence-corrected chi connectivity index (χ1v) is 1.52. The van der Waals surface area contributed by atoms with Gasteiger partial charge in [-0.1, -0.05) is 6.92 Å². The van der Waals surface area contributed by atoms with Crippen molar-refractivity contribution in [1.82, 2.24) is 0 Å². The number of hydrogen-bond donors (Lipinski definition) is 1. The van der Waals surface area contributed by atoms with Crippen LogP contribution in [0.2, 0.25) is 0 Å². The predicted molar refractivity (Wildman–Crippen MR) is 23.8 cm³/mol. The third-order valence-electron chi connectivity index (χ3n) is 0.224. The van der Waals surface area contributed by atoms with Crippen LogP contribution >= 0.6 is 0 Å². The maximum absolute atomic E-state index is 7.88. The van der Waals surface area contributed by atoms with Crippen molar-refractivity contribution in [1.29, 1.82) is 0 Å². The van der Waals surface area contributed by atoms with E-state index in [1.54, 1.807) is 0 Å². The summed E-state index contributed by atoms with van der Waals surface area (Å²) in [6.07, 6.45) is 0.875. The first-order chi connectivity index (χ1) is 1.91. The van der Waals surface area contributed by atoms with Crippen LogP contribution in [0.4, 0.5) is 0 Å². The van der Waals surface area contributed by atoms with E-state index in [1.807, 2.05) is 6.92 Å². The molecule has 0 aliphatic rings. The van der Waals surface area contributed by atoms with Gasteiger partial charge in [-0.15, -0.1) is 0 Å². The second-order valence-corrected chi connectivity index (χ2v) is 0.724. The SMILES string of the molecule is CCCO.[CH3-].[Zn]. The molecule has 0 aliphatic carbocycles. The zero-order valence-corrected chi connectivity index (χ0v) is 7.54. The third kappa shape index (κ3) is 23.5. The van der Waals surface area contributed by atoms with Gasteiger partial charge in [0.05, 0.1) is 0 Å². The molecule has 0 amide bonds. The summed E-state index contributed by atoms with van der Waals surface area (Å²) in [5.74, 6) is 0. The third-order valence-corrected chi connectivity index (χ3v) is 0.224. The van der Waals surface area contributed by atoms with E-state index in [2.05, 4.69) is 0 Å². The predicted octanol–water partition coefficient (Wildman–Crippen LogP) is 0.836. The molecule has 36 valence electrons. The van der Waals surface area contributed by atoms with Crippen LogP contribution in [0.1, 0.15) is 13.3 Å². The van der Waals surface area contributed by atoms with Gasteiger partial charge < -0.3 is 12.5 Å². The minimum atomic E-state index is 0. The quantitative estimate of drug-likeness (QED) is 0.423. The summed E-state index contributed by atoms with van der Waals surface area (Å²) in [4.78, 5) is 0. The maximum atomic E-state index is 7.88. The van der Waals surface area contributed by atoms with Crippen molar-refractivity contribution in [2.45, 2.75) is 13.3 Å². The van der Waals surface area contributed by atoms with Crippen molar-refractivity contribution < 1.29 is 24.6 Å². The van der Waals surface area contributed by atoms with Gasteiger partial charge in [0.15, 0.2) is 0 Å². The Morgan fingerprint density at radius 1 is 1.50 bits per heavy atom. The fourth-order valence-electron chi connectivity index (χ4n) is 0. The summed E-state index contributed by atoms with van der Waals surface area (Å²) < 4.78 is 0. The Bertz CT molecular complexity index is 9.51. The average molecular weight is 141 g/mol. The summed E-state index contributed by atoms with van der Waals surface area (Å²) in [6.45, 7) is 2.25. The van der Waals surface area contributed by atoms with Crippen molar-refractivity contribution in [2.75, 3.05) is 6.61 Å². The van der Waals surface area contributed by atoms with Gasteiger partial charge >= 0.3 is 0 Å². The summed E-state index contributed by atoms with van der Waals surface area (Å²) in [7, 11) is 0. The summed E-state index contributed by atoms with van der Waals surface area (Å²) in [5, 5.41) is 7.88. The minimum Gasteiger partial charge on any atom is -0.396 e. The molecule has 6 heavy (non-hydrogen) atoms. The zero-order valence-electron chi connectivity index (χ0n) is 4.57. The fraction of sp³-hybridized carbons (Fsp3) is 0.750. The maximum Gasteiger partial charge on any atom is 0.0428 e. The molecule has 1 N–H and O–H groups in total. The van der Waals surface area contributed by atoms with Gasteiger partial charge in [-0.2, -0.15) is 0 Å². The van der Waals surface area contributed by atoms with Gasteiger partial charge in [0.25, 0.3) is 0 Å². The smallest absolute Gasteiger partial charge is 0.0428 e. The van der Waals surface area contributed by atoms with Crippen LogP contribution in [0.3, 0.4) is 0 Å². The number of aliphatic hydroxyl groups excluding tert-OH is 1. The molecule has 1 nitrogen and oxygen atoms in total. The molecule has 0 aromatic heterocycles. The molecule has 0 aliphatic heterocycles. The van der Waals surface area contributed by atoms with E-state index < -0.39 is 0 Å². The molecule has 0 aromatic rings. The average Bonchev–Trinajstić information content (AvgIpc) is 1.37. The van der Waals surface area contributed by atoms with Crippen LogP contribution in [-0.2, 0) is 19.5 Å². The first kappa shape index (κ1) is 16.0. The van der Waals surface area contributed by atoms with Crippen LogP contribution in [0, 0.1) is 7.43 Å². The first-order valence-electron chi connectivity index (χ1n) is 1.52. The Morgan fingerprint density at radius 2 is 1.67 bits per heavy atom. The van der Waals surface area contributed by atoms with Crippen molar-refractivity contribution in [2.24, 2.45) is 0 Å². The standard InChI is InChI=1S/C3H8O.CH3.Zn/c1-2-3-4;;/h4H,2-3H2,1H3;1H3;/q;-1;. The molecule has 0 heterocycles. The van der Waals surface area contributed by atoms with E-state index in [4.69, 9.17) is 5.11 Å². The van der Waals surface area contributed by atoms with Crippen molar-refractivity contribution in [3.05, 3.63) is 7.43 Å². The summed E-state index contributed by atoms with van der Waals surface area (Å²) in [5.41, 5.74) is 0. The molecule has 0 saturated heterocycles. The molecule has 0 bridgehead atoms. The summed E-state index contributed by atoms with van der Waals surface area (Å²) in [6, 6.07) is 0. The van der Waals surface area contributed by atoms with E-state index in [1.165, 1.54) is 0 Å². The Morgan fingerprint density at radius 3 is 1.67 bits per heavy atom. The van der Waals surface area contributed by atoms with Crippen LogP contribution in [-0.4, -0.2) is 11.7 Å². The van der Waals surface area contributed by atoms with Crippen molar-refractivity contribution in [3.8, 4) is 0 Å². The van der Waals surface area contributed by atoms with Crippen molar-refractivity contribution in [3.63, 3.8) is 0 Å². The zero-order chi connectivity index (χ0) is 3.41. The largest absolute Gasteiger partial charge is 0.396 e. The van der Waals surface area contributed by atoms with E-state index in [-0.39, 0.29) is 26.9 Å². The van der Waals surface area contributed by atoms with E-state index >= 15 is 0 Å². The van der Waals surface area contributed by atoms with E-state index in [0.29, 0.717) is 6.61 Å². The molecular weight excluding hydrogens is 129 g/mol. The minimum absolute atomic E-state index is 0. The number of aliphatic hydroxyl groups is 1. The molecule has 0 saturated carbocycles. The Hall–Kier alpha value is 0.583. The fourth-order valence-corrected chi connectivity index (χ4v) is 0. The molecule has 0 unspecified atom stereocenters. The number of rotatable bonds is 1. The van der Waals surface area contributed by atoms with Gasteiger partial charge in [0.1, 0.15) is 0 Å². The molecule has 2 heteroatoms. The van der Waals surface area contributed by atoms with Gasteiger partial charge in [-0.25, -0.2) is 0 Å². The molecular formula is C4H11OZn-. The monoisotopic (exact) mass is 139 g/mol. The molecule has 0 spiro atoms. The van der Waals surface area contributed by atoms with Crippen LogP contribution in [0.25, 0.3) is 0 Å². The van der Waals surface area contributed by atoms with Crippen LogP contribution in [0.15, 0.2) is 0 Å². The van der Waals surface area contributed by atoms with Crippen LogP contribution in [0.5, 0.6) is 0 Å². The molecule has 0 fully saturated rings. The Balaban J connectivity index is -0.0000000450. The van der Waals surface area contributed by atoms with Gasteiger partial charge in [-0.05, 0) is 6.42 Å². The van der Waals surface area contributed by atoms with Gasteiger partial charge in [-0.3, -0.25) is 0 Å².